The van der Waals surface area contributed by atoms with Gasteiger partial charge in [-0.05, 0) is 57.0 Å². The third-order valence-electron chi connectivity index (χ3n) is 4.25. The van der Waals surface area contributed by atoms with Crippen molar-refractivity contribution in [2.75, 3.05) is 17.2 Å². The van der Waals surface area contributed by atoms with Crippen LogP contribution in [-0.4, -0.2) is 22.5 Å². The number of esters is 1. The summed E-state index contributed by atoms with van der Waals surface area (Å²) in [6, 6.07) is 13.2. The van der Waals surface area contributed by atoms with Gasteiger partial charge >= 0.3 is 5.97 Å². The van der Waals surface area contributed by atoms with Crippen LogP contribution >= 0.6 is 0 Å². The molecule has 3 aromatic rings. The number of para-hydroxylation sites is 1. The molecule has 144 valence electrons. The van der Waals surface area contributed by atoms with Gasteiger partial charge in [-0.1, -0.05) is 29.8 Å². The number of aromatic nitrogens is 2. The van der Waals surface area contributed by atoms with Gasteiger partial charge in [0, 0.05) is 11.9 Å². The van der Waals surface area contributed by atoms with Crippen molar-refractivity contribution in [1.82, 2.24) is 9.97 Å². The van der Waals surface area contributed by atoms with Crippen LogP contribution in [-0.2, 0) is 4.74 Å². The molecule has 0 spiro atoms. The third-order valence-corrected chi connectivity index (χ3v) is 4.25. The predicted octanol–water partition coefficient (Wildman–Crippen LogP) is 5.07. The van der Waals surface area contributed by atoms with Crippen molar-refractivity contribution in [1.29, 1.82) is 0 Å². The molecule has 3 rings (SSSR count). The van der Waals surface area contributed by atoms with Gasteiger partial charge in [0.05, 0.1) is 17.9 Å². The normalized spacial score (nSPS) is 10.4. The number of hydrogen-bond donors (Lipinski definition) is 2. The summed E-state index contributed by atoms with van der Waals surface area (Å²) in [4.78, 5) is 20.9. The van der Waals surface area contributed by atoms with Gasteiger partial charge < -0.3 is 15.4 Å². The number of carbonyl (C=O) groups excluding carboxylic acids is 1. The van der Waals surface area contributed by atoms with E-state index in [9.17, 15) is 4.79 Å². The zero-order valence-corrected chi connectivity index (χ0v) is 16.5. The molecule has 0 radical (unpaired) electrons. The molecule has 0 fully saturated rings. The average Bonchev–Trinajstić information content (AvgIpc) is 2.65. The molecule has 1 heterocycles. The summed E-state index contributed by atoms with van der Waals surface area (Å²) >= 11 is 0. The Morgan fingerprint density at radius 2 is 1.75 bits per heavy atom. The summed E-state index contributed by atoms with van der Waals surface area (Å²) in [7, 11) is 0. The molecule has 0 bridgehead atoms. The van der Waals surface area contributed by atoms with Crippen LogP contribution in [0.5, 0.6) is 0 Å². The summed E-state index contributed by atoms with van der Waals surface area (Å²) < 4.78 is 5.11. The van der Waals surface area contributed by atoms with Gasteiger partial charge in [0.15, 0.2) is 0 Å². The van der Waals surface area contributed by atoms with Crippen molar-refractivity contribution in [3.05, 3.63) is 70.9 Å². The predicted molar refractivity (Wildman–Crippen MR) is 112 cm³/mol. The maximum absolute atomic E-state index is 12.2. The second kappa shape index (κ2) is 8.52. The van der Waals surface area contributed by atoms with E-state index in [0.29, 0.717) is 29.6 Å². The lowest BCUT2D eigenvalue weighted by molar-refractivity contribution is 0.0527. The van der Waals surface area contributed by atoms with Gasteiger partial charge in [0.25, 0.3) is 0 Å². The molecule has 0 amide bonds. The van der Waals surface area contributed by atoms with E-state index < -0.39 is 0 Å². The Kier molecular flexibility index (Phi) is 5.89. The summed E-state index contributed by atoms with van der Waals surface area (Å²) in [6.45, 7) is 8.31. The highest BCUT2D eigenvalue weighted by atomic mass is 16.5. The summed E-state index contributed by atoms with van der Waals surface area (Å²) in [5.41, 5.74) is 5.59. The minimum absolute atomic E-state index is 0.318. The van der Waals surface area contributed by atoms with Gasteiger partial charge in [-0.2, -0.15) is 4.98 Å². The van der Waals surface area contributed by atoms with E-state index in [1.807, 2.05) is 6.07 Å². The molecule has 0 aliphatic heterocycles. The number of nitrogens with zero attached hydrogens (tertiary/aromatic N) is 2. The number of anilines is 4. The maximum Gasteiger partial charge on any atom is 0.340 e. The first-order valence-electron chi connectivity index (χ1n) is 9.19. The van der Waals surface area contributed by atoms with Gasteiger partial charge in [-0.15, -0.1) is 0 Å². The van der Waals surface area contributed by atoms with Gasteiger partial charge in [0.1, 0.15) is 5.82 Å². The van der Waals surface area contributed by atoms with Gasteiger partial charge in [0.2, 0.25) is 5.95 Å². The van der Waals surface area contributed by atoms with E-state index in [1.54, 1.807) is 37.4 Å². The van der Waals surface area contributed by atoms with Crippen molar-refractivity contribution < 1.29 is 9.53 Å². The molecular formula is C22H24N4O2. The Hall–Kier alpha value is -3.41. The standard InChI is InChI=1S/C22H24N4O2/c1-5-28-21(27)17-8-6-7-9-18(17)24-22-23-11-10-19(26-22)25-20-15(3)12-14(2)13-16(20)4/h6-13H,5H2,1-4H3,(H2,23,24,25,26). The molecule has 0 aliphatic carbocycles. The van der Waals surface area contributed by atoms with Crippen molar-refractivity contribution in [3.63, 3.8) is 0 Å². The van der Waals surface area contributed by atoms with Crippen molar-refractivity contribution >= 4 is 29.1 Å². The minimum atomic E-state index is -0.384. The third kappa shape index (κ3) is 4.46. The largest absolute Gasteiger partial charge is 0.462 e. The van der Waals surface area contributed by atoms with E-state index in [-0.39, 0.29) is 5.97 Å². The first-order chi connectivity index (χ1) is 13.5. The van der Waals surface area contributed by atoms with E-state index in [4.69, 9.17) is 4.74 Å². The monoisotopic (exact) mass is 376 g/mol. The fourth-order valence-corrected chi connectivity index (χ4v) is 3.09. The fourth-order valence-electron chi connectivity index (χ4n) is 3.09. The van der Waals surface area contributed by atoms with Gasteiger partial charge in [-0.25, -0.2) is 9.78 Å². The summed E-state index contributed by atoms with van der Waals surface area (Å²) in [6.07, 6.45) is 1.67. The van der Waals surface area contributed by atoms with Crippen LogP contribution in [0.1, 0.15) is 34.0 Å². The Labute approximate surface area is 165 Å². The van der Waals surface area contributed by atoms with E-state index in [0.717, 1.165) is 16.8 Å². The molecule has 6 heteroatoms. The lowest BCUT2D eigenvalue weighted by Crippen LogP contribution is -2.09. The topological polar surface area (TPSA) is 76.1 Å². The number of nitrogens with one attached hydrogen (secondary N) is 2. The van der Waals surface area contributed by atoms with E-state index in [2.05, 4.69) is 53.5 Å². The van der Waals surface area contributed by atoms with Crippen LogP contribution in [0.25, 0.3) is 0 Å². The Balaban J connectivity index is 1.85. The highest BCUT2D eigenvalue weighted by Gasteiger charge is 2.13. The van der Waals surface area contributed by atoms with Crippen molar-refractivity contribution in [2.45, 2.75) is 27.7 Å². The molecule has 2 aromatic carbocycles. The second-order valence-corrected chi connectivity index (χ2v) is 6.56. The van der Waals surface area contributed by atoms with Crippen LogP contribution in [0.3, 0.4) is 0 Å². The number of benzene rings is 2. The van der Waals surface area contributed by atoms with Crippen LogP contribution in [0.15, 0.2) is 48.7 Å². The second-order valence-electron chi connectivity index (χ2n) is 6.56. The molecule has 1 aromatic heterocycles. The highest BCUT2D eigenvalue weighted by molar-refractivity contribution is 5.96. The first-order valence-corrected chi connectivity index (χ1v) is 9.19. The number of hydrogen-bond acceptors (Lipinski definition) is 6. The summed E-state index contributed by atoms with van der Waals surface area (Å²) in [5, 5.41) is 6.48. The highest BCUT2D eigenvalue weighted by Crippen LogP contribution is 2.26. The number of aryl methyl sites for hydroxylation is 3. The quantitative estimate of drug-likeness (QED) is 0.585. The maximum atomic E-state index is 12.2. The van der Waals surface area contributed by atoms with Crippen LogP contribution in [0, 0.1) is 20.8 Å². The Morgan fingerprint density at radius 3 is 2.46 bits per heavy atom. The SMILES string of the molecule is CCOC(=O)c1ccccc1Nc1nccc(Nc2c(C)cc(C)cc2C)n1. The van der Waals surface area contributed by atoms with Crippen LogP contribution in [0.2, 0.25) is 0 Å². The molecule has 28 heavy (non-hydrogen) atoms. The zero-order chi connectivity index (χ0) is 20.1. The Morgan fingerprint density at radius 1 is 1.04 bits per heavy atom. The molecule has 0 aliphatic rings. The van der Waals surface area contributed by atoms with Crippen LogP contribution < -0.4 is 10.6 Å². The summed E-state index contributed by atoms with van der Waals surface area (Å²) in [5.74, 6) is 0.677. The minimum Gasteiger partial charge on any atom is -0.462 e. The average molecular weight is 376 g/mol. The number of rotatable bonds is 6. The molecule has 0 saturated carbocycles. The molecular weight excluding hydrogens is 352 g/mol. The van der Waals surface area contributed by atoms with Crippen LogP contribution in [0.4, 0.5) is 23.1 Å². The number of carbonyl (C=O) groups is 1. The van der Waals surface area contributed by atoms with E-state index in [1.165, 1.54) is 5.56 Å². The first kappa shape index (κ1) is 19.4. The van der Waals surface area contributed by atoms with Gasteiger partial charge in [-0.3, -0.25) is 0 Å². The smallest absolute Gasteiger partial charge is 0.340 e. The molecule has 0 saturated heterocycles. The van der Waals surface area contributed by atoms with E-state index >= 15 is 0 Å². The number of ether oxygens (including phenoxy) is 1. The van der Waals surface area contributed by atoms with Crippen molar-refractivity contribution in [2.24, 2.45) is 0 Å². The molecule has 6 nitrogen and oxygen atoms in total. The lowest BCUT2D eigenvalue weighted by Gasteiger charge is -2.14. The molecule has 0 unspecified atom stereocenters. The zero-order valence-electron chi connectivity index (χ0n) is 16.5. The molecule has 2 N–H and O–H groups in total. The Bertz CT molecular complexity index is 978. The molecule has 0 atom stereocenters. The lowest BCUT2D eigenvalue weighted by atomic mass is 10.1. The van der Waals surface area contributed by atoms with Crippen molar-refractivity contribution in [3.8, 4) is 0 Å². The fraction of sp³-hybridized carbons (Fsp3) is 0.227.